The zero-order valence-corrected chi connectivity index (χ0v) is 26.0. The van der Waals surface area contributed by atoms with Gasteiger partial charge in [0.05, 0.1) is 26.5 Å². The number of fused-ring (bicyclic) bond motifs is 2. The summed E-state index contributed by atoms with van der Waals surface area (Å²) < 4.78 is 54.7. The Hall–Kier alpha value is -2.96. The first-order chi connectivity index (χ1) is 20.5. The number of hydrogen-bond acceptors (Lipinski definition) is 7. The number of halogens is 3. The molecule has 2 bridgehead atoms. The highest BCUT2D eigenvalue weighted by Gasteiger charge is 2.60. The van der Waals surface area contributed by atoms with E-state index in [-0.39, 0.29) is 45.1 Å². The molecule has 8 nitrogen and oxygen atoms in total. The lowest BCUT2D eigenvalue weighted by Gasteiger charge is -2.46. The third-order valence-electron chi connectivity index (χ3n) is 9.00. The van der Waals surface area contributed by atoms with E-state index in [1.807, 2.05) is 26.8 Å². The summed E-state index contributed by atoms with van der Waals surface area (Å²) in [4.78, 5) is 17.1. The molecule has 0 spiro atoms. The summed E-state index contributed by atoms with van der Waals surface area (Å²) in [6, 6.07) is 11.7. The topological polar surface area (TPSA) is 137 Å². The Kier molecular flexibility index (Phi) is 8.67. The van der Waals surface area contributed by atoms with Crippen LogP contribution in [0.4, 0.5) is 14.5 Å². The standard InChI is InChI=1S/C32H35ClF2N2O6S/c1-31(2,3)27-6-4-5-25(37-27)28(38)29(39)32(41)18-8-9-19(32)15-21(14-18)44(42,43)26-13-17(7-11-22(26)33)30(40)36-20-10-12-23(34)24(35)16-20/h4-7,10-13,16,18-19,21,28-29,38-39,41H,8-9,14-15H2,1-3H3,(H,36,40). The fourth-order valence-corrected chi connectivity index (χ4v) is 8.95. The normalized spacial score (nSPS) is 25.0. The van der Waals surface area contributed by atoms with Crippen molar-refractivity contribution in [3.63, 3.8) is 0 Å². The number of rotatable bonds is 7. The van der Waals surface area contributed by atoms with E-state index in [1.54, 1.807) is 12.1 Å². The number of nitrogens with one attached hydrogen (secondary N) is 1. The predicted octanol–water partition coefficient (Wildman–Crippen LogP) is 5.35. The fourth-order valence-electron chi connectivity index (χ4n) is 6.55. The molecular formula is C32H35ClF2N2O6S. The van der Waals surface area contributed by atoms with Gasteiger partial charge in [0.15, 0.2) is 21.5 Å². The minimum Gasteiger partial charge on any atom is -0.387 e. The molecule has 4 unspecified atom stereocenters. The average Bonchev–Trinajstić information content (AvgIpc) is 3.13. The zero-order valence-electron chi connectivity index (χ0n) is 24.5. The van der Waals surface area contributed by atoms with Gasteiger partial charge in [-0.05, 0) is 80.0 Å². The minimum absolute atomic E-state index is 0.0101. The van der Waals surface area contributed by atoms with Crippen molar-refractivity contribution in [2.75, 3.05) is 5.32 Å². The van der Waals surface area contributed by atoms with E-state index >= 15 is 0 Å². The molecule has 2 aliphatic carbocycles. The van der Waals surface area contributed by atoms with Gasteiger partial charge < -0.3 is 20.6 Å². The molecule has 44 heavy (non-hydrogen) atoms. The number of pyridine rings is 1. The number of carbonyl (C=O) groups excluding carboxylic acids is 1. The van der Waals surface area contributed by atoms with Crippen LogP contribution in [0.25, 0.3) is 0 Å². The van der Waals surface area contributed by atoms with Crippen LogP contribution in [-0.2, 0) is 15.3 Å². The lowest BCUT2D eigenvalue weighted by atomic mass is 9.69. The van der Waals surface area contributed by atoms with E-state index in [0.29, 0.717) is 18.5 Å². The second-order valence-corrected chi connectivity index (χ2v) is 15.4. The number of aromatic nitrogens is 1. The van der Waals surface area contributed by atoms with Gasteiger partial charge >= 0.3 is 0 Å². The third kappa shape index (κ3) is 5.88. The van der Waals surface area contributed by atoms with E-state index in [4.69, 9.17) is 11.6 Å². The predicted molar refractivity (Wildman–Crippen MR) is 161 cm³/mol. The van der Waals surface area contributed by atoms with Crippen molar-refractivity contribution in [3.05, 3.63) is 88.2 Å². The maximum absolute atomic E-state index is 13.9. The molecule has 1 amide bonds. The highest BCUT2D eigenvalue weighted by molar-refractivity contribution is 7.92. The van der Waals surface area contributed by atoms with Gasteiger partial charge in [-0.15, -0.1) is 0 Å². The molecule has 1 aromatic heterocycles. The molecule has 4 N–H and O–H groups in total. The number of aliphatic hydroxyl groups excluding tert-OH is 2. The second kappa shape index (κ2) is 11.8. The Bertz CT molecular complexity index is 1680. The van der Waals surface area contributed by atoms with Crippen LogP contribution in [0, 0.1) is 23.5 Å². The van der Waals surface area contributed by atoms with Gasteiger partial charge in [-0.2, -0.15) is 0 Å². The molecule has 0 radical (unpaired) electrons. The number of sulfone groups is 1. The first kappa shape index (κ1) is 32.4. The molecule has 12 heteroatoms. The van der Waals surface area contributed by atoms with Crippen LogP contribution in [0.2, 0.25) is 5.02 Å². The van der Waals surface area contributed by atoms with Crippen molar-refractivity contribution in [3.8, 4) is 0 Å². The van der Waals surface area contributed by atoms with E-state index in [9.17, 15) is 37.3 Å². The smallest absolute Gasteiger partial charge is 0.255 e. The lowest BCUT2D eigenvalue weighted by Crippen LogP contribution is -2.57. The largest absolute Gasteiger partial charge is 0.387 e. The first-order valence-electron chi connectivity index (χ1n) is 14.4. The van der Waals surface area contributed by atoms with Crippen LogP contribution in [0.3, 0.4) is 0 Å². The summed E-state index contributed by atoms with van der Waals surface area (Å²) >= 11 is 6.32. The van der Waals surface area contributed by atoms with Crippen molar-refractivity contribution in [1.82, 2.24) is 4.98 Å². The van der Waals surface area contributed by atoms with Gasteiger partial charge in [0.25, 0.3) is 5.91 Å². The molecule has 2 fully saturated rings. The number of amides is 1. The van der Waals surface area contributed by atoms with E-state index in [2.05, 4.69) is 10.3 Å². The van der Waals surface area contributed by atoms with Crippen molar-refractivity contribution < 1.29 is 37.3 Å². The Morgan fingerprint density at radius 2 is 1.68 bits per heavy atom. The molecule has 2 aromatic carbocycles. The van der Waals surface area contributed by atoms with Gasteiger partial charge in [0.1, 0.15) is 12.2 Å². The Labute approximate surface area is 260 Å². The molecule has 3 aromatic rings. The van der Waals surface area contributed by atoms with Crippen molar-refractivity contribution in [2.24, 2.45) is 11.8 Å². The number of benzene rings is 2. The Balaban J connectivity index is 1.36. The molecule has 5 rings (SSSR count). The van der Waals surface area contributed by atoms with Crippen LogP contribution >= 0.6 is 11.6 Å². The molecule has 1 heterocycles. The molecule has 236 valence electrons. The van der Waals surface area contributed by atoms with E-state index in [1.165, 1.54) is 18.2 Å². The fraction of sp³-hybridized carbons (Fsp3) is 0.438. The second-order valence-electron chi connectivity index (χ2n) is 12.8. The minimum atomic E-state index is -4.12. The van der Waals surface area contributed by atoms with Crippen molar-refractivity contribution >= 4 is 33.0 Å². The SMILES string of the molecule is CC(C)(C)c1cccc(C(O)C(O)C2(O)C3CCC2CC(S(=O)(=O)c2cc(C(=O)Nc4ccc(F)c(F)c4)ccc2Cl)C3)n1. The van der Waals surface area contributed by atoms with Gasteiger partial charge in [0.2, 0.25) is 0 Å². The number of nitrogens with zero attached hydrogens (tertiary/aromatic N) is 1. The summed E-state index contributed by atoms with van der Waals surface area (Å²) in [5, 5.41) is 35.7. The van der Waals surface area contributed by atoms with Gasteiger partial charge in [0, 0.05) is 28.4 Å². The summed E-state index contributed by atoms with van der Waals surface area (Å²) in [6.45, 7) is 5.91. The number of anilines is 1. The summed E-state index contributed by atoms with van der Waals surface area (Å²) in [6.07, 6.45) is -2.16. The molecule has 0 saturated heterocycles. The number of aliphatic hydroxyl groups is 3. The molecule has 2 aliphatic rings. The van der Waals surface area contributed by atoms with Gasteiger partial charge in [-0.25, -0.2) is 17.2 Å². The Morgan fingerprint density at radius 3 is 2.30 bits per heavy atom. The Morgan fingerprint density at radius 1 is 1.02 bits per heavy atom. The van der Waals surface area contributed by atoms with Crippen molar-refractivity contribution in [2.45, 2.75) is 79.8 Å². The van der Waals surface area contributed by atoms with E-state index in [0.717, 1.165) is 18.2 Å². The number of carbonyl (C=O) groups is 1. The summed E-state index contributed by atoms with van der Waals surface area (Å²) in [5.41, 5.74) is -1.18. The van der Waals surface area contributed by atoms with Crippen LogP contribution < -0.4 is 5.32 Å². The summed E-state index contributed by atoms with van der Waals surface area (Å²) in [7, 11) is -4.12. The maximum atomic E-state index is 13.9. The van der Waals surface area contributed by atoms with Crippen LogP contribution in [-0.4, -0.2) is 51.6 Å². The molecule has 0 aliphatic heterocycles. The quantitative estimate of drug-likeness (QED) is 0.271. The molecule has 4 atom stereocenters. The summed E-state index contributed by atoms with van der Waals surface area (Å²) in [5.74, 6) is -4.24. The third-order valence-corrected chi connectivity index (χ3v) is 11.7. The highest BCUT2D eigenvalue weighted by atomic mass is 35.5. The van der Waals surface area contributed by atoms with Crippen LogP contribution in [0.5, 0.6) is 0 Å². The van der Waals surface area contributed by atoms with Crippen molar-refractivity contribution in [1.29, 1.82) is 0 Å². The number of hydrogen-bond donors (Lipinski definition) is 4. The van der Waals surface area contributed by atoms with Crippen LogP contribution in [0.15, 0.2) is 59.5 Å². The van der Waals surface area contributed by atoms with Gasteiger partial charge in [-0.1, -0.05) is 38.4 Å². The zero-order chi connectivity index (χ0) is 32.2. The molecule has 2 saturated carbocycles. The average molecular weight is 649 g/mol. The van der Waals surface area contributed by atoms with Crippen LogP contribution in [0.1, 0.15) is 74.3 Å². The first-order valence-corrected chi connectivity index (χ1v) is 16.3. The highest BCUT2D eigenvalue weighted by Crippen LogP contribution is 2.55. The van der Waals surface area contributed by atoms with Gasteiger partial charge in [-0.3, -0.25) is 9.78 Å². The monoisotopic (exact) mass is 648 g/mol. The van der Waals surface area contributed by atoms with E-state index < -0.39 is 62.3 Å². The molecular weight excluding hydrogens is 614 g/mol. The lowest BCUT2D eigenvalue weighted by molar-refractivity contribution is -0.178. The maximum Gasteiger partial charge on any atom is 0.255 e.